The van der Waals surface area contributed by atoms with Gasteiger partial charge in [-0.15, -0.1) is 12.4 Å². The number of halogens is 4. The number of piperidine rings is 1. The van der Waals surface area contributed by atoms with Crippen LogP contribution >= 0.6 is 12.4 Å². The van der Waals surface area contributed by atoms with E-state index in [1.54, 1.807) is 6.07 Å². The van der Waals surface area contributed by atoms with Gasteiger partial charge in [-0.05, 0) is 50.4 Å². The number of hydrogen-bond donors (Lipinski definition) is 2. The van der Waals surface area contributed by atoms with Gasteiger partial charge in [0, 0.05) is 19.1 Å². The van der Waals surface area contributed by atoms with Crippen LogP contribution in [0.25, 0.3) is 0 Å². The highest BCUT2D eigenvalue weighted by Crippen LogP contribution is 2.44. The Morgan fingerprint density at radius 3 is 2.41 bits per heavy atom. The molecule has 1 amide bonds. The second-order valence-corrected chi connectivity index (χ2v) is 7.34. The number of amides is 1. The Kier molecular flexibility index (Phi) is 6.81. The molecule has 4 nitrogen and oxygen atoms in total. The predicted octanol–water partition coefficient (Wildman–Crippen LogP) is 3.43. The van der Waals surface area contributed by atoms with Crippen molar-refractivity contribution in [3.05, 3.63) is 35.4 Å². The molecule has 2 fully saturated rings. The third-order valence-electron chi connectivity index (χ3n) is 5.92. The van der Waals surface area contributed by atoms with Gasteiger partial charge in [-0.1, -0.05) is 24.6 Å². The molecule has 2 aliphatic rings. The van der Waals surface area contributed by atoms with Gasteiger partial charge in [0.05, 0.1) is 5.56 Å². The maximum Gasteiger partial charge on any atom is 0.416 e. The van der Waals surface area contributed by atoms with Crippen LogP contribution in [-0.4, -0.2) is 38.3 Å². The van der Waals surface area contributed by atoms with Gasteiger partial charge >= 0.3 is 6.18 Å². The monoisotopic (exact) mass is 406 g/mol. The maximum absolute atomic E-state index is 13.0. The number of hydrogen-bond acceptors (Lipinski definition) is 3. The molecule has 1 heterocycles. The highest BCUT2D eigenvalue weighted by Gasteiger charge is 2.44. The number of methoxy groups -OCH3 is 1. The SMILES string of the molecule is COC1(C(=O)NCC2(c3cccc(C(F)(F)F)c3)CCC2)CCNCC1.Cl. The Morgan fingerprint density at radius 2 is 1.89 bits per heavy atom. The largest absolute Gasteiger partial charge is 0.416 e. The minimum atomic E-state index is -4.36. The van der Waals surface area contributed by atoms with Gasteiger partial charge in [-0.2, -0.15) is 13.2 Å². The second kappa shape index (κ2) is 8.37. The third kappa shape index (κ3) is 4.41. The number of nitrogens with one attached hydrogen (secondary N) is 2. The van der Waals surface area contributed by atoms with Crippen molar-refractivity contribution in [1.29, 1.82) is 0 Å². The van der Waals surface area contributed by atoms with Crippen LogP contribution < -0.4 is 10.6 Å². The lowest BCUT2D eigenvalue weighted by Crippen LogP contribution is -2.56. The van der Waals surface area contributed by atoms with E-state index >= 15 is 0 Å². The number of carbonyl (C=O) groups excluding carboxylic acids is 1. The third-order valence-corrected chi connectivity index (χ3v) is 5.92. The lowest BCUT2D eigenvalue weighted by molar-refractivity contribution is -0.147. The van der Waals surface area contributed by atoms with Crippen LogP contribution in [-0.2, 0) is 21.1 Å². The quantitative estimate of drug-likeness (QED) is 0.787. The van der Waals surface area contributed by atoms with Gasteiger partial charge < -0.3 is 15.4 Å². The first-order valence-corrected chi connectivity index (χ1v) is 9.03. The van der Waals surface area contributed by atoms with Gasteiger partial charge in [0.25, 0.3) is 5.91 Å². The molecule has 1 saturated carbocycles. The molecule has 152 valence electrons. The average Bonchev–Trinajstić information content (AvgIpc) is 2.60. The van der Waals surface area contributed by atoms with E-state index in [1.807, 2.05) is 0 Å². The van der Waals surface area contributed by atoms with E-state index in [1.165, 1.54) is 19.2 Å². The van der Waals surface area contributed by atoms with Gasteiger partial charge in [-0.3, -0.25) is 4.79 Å². The molecule has 8 heteroatoms. The van der Waals surface area contributed by atoms with Crippen molar-refractivity contribution in [3.63, 3.8) is 0 Å². The van der Waals surface area contributed by atoms with Crippen molar-refractivity contribution in [2.45, 2.75) is 49.3 Å². The molecule has 0 aromatic heterocycles. The van der Waals surface area contributed by atoms with Crippen molar-refractivity contribution < 1.29 is 22.7 Å². The van der Waals surface area contributed by atoms with Crippen molar-refractivity contribution in [3.8, 4) is 0 Å². The highest BCUT2D eigenvalue weighted by molar-refractivity contribution is 5.85. The molecule has 1 saturated heterocycles. The van der Waals surface area contributed by atoms with E-state index in [-0.39, 0.29) is 18.3 Å². The number of rotatable bonds is 5. The zero-order valence-corrected chi connectivity index (χ0v) is 16.1. The summed E-state index contributed by atoms with van der Waals surface area (Å²) in [6.07, 6.45) is -0.686. The second-order valence-electron chi connectivity index (χ2n) is 7.34. The summed E-state index contributed by atoms with van der Waals surface area (Å²) in [6.45, 7) is 1.76. The minimum absolute atomic E-state index is 0. The fourth-order valence-corrected chi connectivity index (χ4v) is 3.96. The summed E-state index contributed by atoms with van der Waals surface area (Å²) >= 11 is 0. The van der Waals surface area contributed by atoms with Gasteiger partial charge in [0.1, 0.15) is 5.60 Å². The summed E-state index contributed by atoms with van der Waals surface area (Å²) in [5, 5.41) is 6.17. The Labute approximate surface area is 163 Å². The fraction of sp³-hybridized carbons (Fsp3) is 0.632. The number of ether oxygens (including phenoxy) is 1. The molecule has 0 spiro atoms. The maximum atomic E-state index is 13.0. The number of benzene rings is 1. The first-order valence-electron chi connectivity index (χ1n) is 9.03. The van der Waals surface area contributed by atoms with Crippen LogP contribution in [0.1, 0.15) is 43.2 Å². The zero-order valence-electron chi connectivity index (χ0n) is 15.3. The highest BCUT2D eigenvalue weighted by atomic mass is 35.5. The molecule has 1 aliphatic carbocycles. The fourth-order valence-electron chi connectivity index (χ4n) is 3.96. The molecule has 27 heavy (non-hydrogen) atoms. The number of carbonyl (C=O) groups is 1. The van der Waals surface area contributed by atoms with E-state index < -0.39 is 22.8 Å². The van der Waals surface area contributed by atoms with Crippen LogP contribution in [0.3, 0.4) is 0 Å². The predicted molar refractivity (Wildman–Crippen MR) is 99.1 cm³/mol. The summed E-state index contributed by atoms with van der Waals surface area (Å²) in [4.78, 5) is 12.8. The van der Waals surface area contributed by atoms with Crippen molar-refractivity contribution >= 4 is 18.3 Å². The van der Waals surface area contributed by atoms with Gasteiger partial charge in [0.15, 0.2) is 0 Å². The van der Waals surface area contributed by atoms with E-state index in [0.29, 0.717) is 38.0 Å². The molecule has 1 aliphatic heterocycles. The molecule has 0 atom stereocenters. The molecule has 3 rings (SSSR count). The smallest absolute Gasteiger partial charge is 0.368 e. The van der Waals surface area contributed by atoms with Crippen LogP contribution in [0.5, 0.6) is 0 Å². The van der Waals surface area contributed by atoms with Crippen LogP contribution in [0.15, 0.2) is 24.3 Å². The van der Waals surface area contributed by atoms with E-state index in [0.717, 1.165) is 25.3 Å². The molecule has 2 N–H and O–H groups in total. The van der Waals surface area contributed by atoms with Gasteiger partial charge in [-0.25, -0.2) is 0 Å². The van der Waals surface area contributed by atoms with E-state index in [4.69, 9.17) is 4.74 Å². The topological polar surface area (TPSA) is 50.4 Å². The van der Waals surface area contributed by atoms with E-state index in [2.05, 4.69) is 10.6 Å². The molecular weight excluding hydrogens is 381 g/mol. The summed E-state index contributed by atoms with van der Waals surface area (Å²) in [6, 6.07) is 5.49. The summed E-state index contributed by atoms with van der Waals surface area (Å²) in [5.74, 6) is -0.167. The molecular formula is C19H26ClF3N2O2. The zero-order chi connectivity index (χ0) is 18.8. The van der Waals surface area contributed by atoms with Crippen molar-refractivity contribution in [2.24, 2.45) is 0 Å². The van der Waals surface area contributed by atoms with Gasteiger partial charge in [0.2, 0.25) is 0 Å². The Balaban J connectivity index is 0.00000261. The summed E-state index contributed by atoms with van der Waals surface area (Å²) in [7, 11) is 1.54. The summed E-state index contributed by atoms with van der Waals surface area (Å²) in [5.41, 5.74) is -1.25. The normalized spacial score (nSPS) is 20.9. The van der Waals surface area contributed by atoms with E-state index in [9.17, 15) is 18.0 Å². The minimum Gasteiger partial charge on any atom is -0.368 e. The molecule has 0 unspecified atom stereocenters. The molecule has 0 radical (unpaired) electrons. The Bertz CT molecular complexity index is 657. The van der Waals surface area contributed by atoms with Crippen LogP contribution in [0, 0.1) is 0 Å². The molecule has 1 aromatic rings. The Morgan fingerprint density at radius 1 is 1.22 bits per heavy atom. The van der Waals surface area contributed by atoms with Crippen LogP contribution in [0.4, 0.5) is 13.2 Å². The lowest BCUT2D eigenvalue weighted by atomic mass is 9.64. The van der Waals surface area contributed by atoms with Crippen molar-refractivity contribution in [1.82, 2.24) is 10.6 Å². The first kappa shape index (κ1) is 22.0. The molecule has 1 aromatic carbocycles. The summed E-state index contributed by atoms with van der Waals surface area (Å²) < 4.78 is 44.6. The lowest BCUT2D eigenvalue weighted by Gasteiger charge is -2.44. The van der Waals surface area contributed by atoms with Crippen LogP contribution in [0.2, 0.25) is 0 Å². The van der Waals surface area contributed by atoms with Crippen molar-refractivity contribution in [2.75, 3.05) is 26.7 Å². The first-order chi connectivity index (χ1) is 12.3. The Hall–Kier alpha value is -1.31. The average molecular weight is 407 g/mol. The standard InChI is InChI=1S/C19H25F3N2O2.ClH/c1-26-18(8-10-23-11-9-18)16(25)24-13-17(6-3-7-17)14-4-2-5-15(12-14)19(20,21)22;/h2,4-5,12,23H,3,6-11,13H2,1H3,(H,24,25);1H. The number of alkyl halides is 3. The molecule has 0 bridgehead atoms.